The fraction of sp³-hybridized carbons (Fsp3) is 1.00. The number of nitrogens with zero attached hydrogens (tertiary/aromatic N) is 1. The highest BCUT2D eigenvalue weighted by Crippen LogP contribution is 2.24. The summed E-state index contributed by atoms with van der Waals surface area (Å²) in [6, 6.07) is 0.268. The molecule has 0 amide bonds. The summed E-state index contributed by atoms with van der Waals surface area (Å²) >= 11 is 0. The first-order valence-corrected chi connectivity index (χ1v) is 6.79. The molecule has 0 spiro atoms. The summed E-state index contributed by atoms with van der Waals surface area (Å²) in [6.45, 7) is 9.03. The molecule has 2 heteroatoms. The normalized spacial score (nSPS) is 16.5. The lowest BCUT2D eigenvalue weighted by Gasteiger charge is -2.39. The van der Waals surface area contributed by atoms with E-state index in [0.717, 1.165) is 12.3 Å². The Balaban J connectivity index is 4.23. The summed E-state index contributed by atoms with van der Waals surface area (Å²) in [5.41, 5.74) is 6.46. The maximum Gasteiger partial charge on any atom is 0.0298 e. The molecule has 16 heavy (non-hydrogen) atoms. The van der Waals surface area contributed by atoms with Gasteiger partial charge < -0.3 is 10.6 Å². The first-order valence-electron chi connectivity index (χ1n) is 6.79. The van der Waals surface area contributed by atoms with Gasteiger partial charge in [-0.05, 0) is 40.3 Å². The van der Waals surface area contributed by atoms with Crippen molar-refractivity contribution in [2.75, 3.05) is 14.1 Å². The van der Waals surface area contributed by atoms with Crippen molar-refractivity contribution in [2.24, 2.45) is 11.7 Å². The van der Waals surface area contributed by atoms with Gasteiger partial charge in [-0.1, -0.05) is 39.5 Å². The Kier molecular flexibility index (Phi) is 7.25. The molecule has 0 radical (unpaired) electrons. The molecule has 0 aromatic heterocycles. The van der Waals surface area contributed by atoms with Gasteiger partial charge in [0.2, 0.25) is 0 Å². The fourth-order valence-corrected chi connectivity index (χ4v) is 1.96. The maximum atomic E-state index is 6.36. The lowest BCUT2D eigenvalue weighted by Crippen LogP contribution is -2.53. The molecular weight excluding hydrogens is 196 g/mol. The van der Waals surface area contributed by atoms with Crippen molar-refractivity contribution in [3.63, 3.8) is 0 Å². The number of rotatable bonds is 8. The van der Waals surface area contributed by atoms with Crippen LogP contribution in [0.2, 0.25) is 0 Å². The Labute approximate surface area is 103 Å². The molecule has 0 aliphatic heterocycles. The van der Waals surface area contributed by atoms with E-state index in [1.807, 2.05) is 0 Å². The van der Waals surface area contributed by atoms with Gasteiger partial charge in [-0.15, -0.1) is 0 Å². The molecule has 0 aromatic rings. The van der Waals surface area contributed by atoms with Crippen molar-refractivity contribution in [2.45, 2.75) is 71.4 Å². The summed E-state index contributed by atoms with van der Waals surface area (Å²) < 4.78 is 0. The van der Waals surface area contributed by atoms with E-state index < -0.39 is 0 Å². The van der Waals surface area contributed by atoms with Gasteiger partial charge in [-0.2, -0.15) is 0 Å². The van der Waals surface area contributed by atoms with Crippen LogP contribution in [-0.4, -0.2) is 30.6 Å². The van der Waals surface area contributed by atoms with Gasteiger partial charge in [0.1, 0.15) is 0 Å². The molecule has 0 bridgehead atoms. The molecule has 0 saturated carbocycles. The number of hydrogen-bond donors (Lipinski definition) is 1. The molecule has 2 atom stereocenters. The third-order valence-electron chi connectivity index (χ3n) is 4.19. The number of hydrogen-bond acceptors (Lipinski definition) is 2. The topological polar surface area (TPSA) is 29.3 Å². The summed E-state index contributed by atoms with van der Waals surface area (Å²) in [5.74, 6) is 0.800. The van der Waals surface area contributed by atoms with E-state index in [2.05, 4.69) is 46.7 Å². The van der Waals surface area contributed by atoms with Crippen LogP contribution in [-0.2, 0) is 0 Å². The van der Waals surface area contributed by atoms with E-state index in [0.29, 0.717) is 0 Å². The Morgan fingerprint density at radius 1 is 1.19 bits per heavy atom. The summed E-state index contributed by atoms with van der Waals surface area (Å²) in [4.78, 5) is 2.24. The summed E-state index contributed by atoms with van der Waals surface area (Å²) in [7, 11) is 4.24. The summed E-state index contributed by atoms with van der Waals surface area (Å²) in [6.07, 6.45) is 6.39. The average Bonchev–Trinajstić information content (AvgIpc) is 2.23. The lowest BCUT2D eigenvalue weighted by atomic mass is 9.83. The Bertz CT molecular complexity index is 176. The molecular formula is C14H32N2. The Morgan fingerprint density at radius 2 is 1.75 bits per heavy atom. The second-order valence-electron chi connectivity index (χ2n) is 5.81. The van der Waals surface area contributed by atoms with Crippen LogP contribution in [0, 0.1) is 5.92 Å². The van der Waals surface area contributed by atoms with Crippen molar-refractivity contribution in [1.29, 1.82) is 0 Å². The first kappa shape index (κ1) is 15.9. The predicted octanol–water partition coefficient (Wildman–Crippen LogP) is 3.26. The van der Waals surface area contributed by atoms with Gasteiger partial charge in [0, 0.05) is 11.6 Å². The highest BCUT2D eigenvalue weighted by molar-refractivity contribution is 4.90. The third kappa shape index (κ3) is 4.84. The Hall–Kier alpha value is -0.0800. The maximum absolute atomic E-state index is 6.36. The zero-order valence-electron chi connectivity index (χ0n) is 12.2. The number of nitrogens with two attached hydrogens (primary N) is 1. The van der Waals surface area contributed by atoms with Crippen LogP contribution >= 0.6 is 0 Å². The second kappa shape index (κ2) is 7.29. The van der Waals surface area contributed by atoms with Gasteiger partial charge in [-0.25, -0.2) is 0 Å². The fourth-order valence-electron chi connectivity index (χ4n) is 1.96. The molecule has 98 valence electrons. The van der Waals surface area contributed by atoms with Gasteiger partial charge >= 0.3 is 0 Å². The molecule has 0 rings (SSSR count). The standard InChI is InChI=1S/C14H32N2/c1-7-9-10-12(8-2)11-13(15)14(3,4)16(5)6/h12-13H,7-11,15H2,1-6H3. The molecule has 0 saturated heterocycles. The Morgan fingerprint density at radius 3 is 2.12 bits per heavy atom. The quantitative estimate of drug-likeness (QED) is 0.691. The van der Waals surface area contributed by atoms with E-state index in [-0.39, 0.29) is 11.6 Å². The smallest absolute Gasteiger partial charge is 0.0298 e. The SMILES string of the molecule is CCCCC(CC)CC(N)C(C)(C)N(C)C. The minimum absolute atomic E-state index is 0.0969. The van der Waals surface area contributed by atoms with Crippen molar-refractivity contribution in [1.82, 2.24) is 4.90 Å². The highest BCUT2D eigenvalue weighted by atomic mass is 15.2. The van der Waals surface area contributed by atoms with E-state index in [1.54, 1.807) is 0 Å². The zero-order chi connectivity index (χ0) is 12.8. The van der Waals surface area contributed by atoms with Crippen LogP contribution in [0.25, 0.3) is 0 Å². The van der Waals surface area contributed by atoms with Gasteiger partial charge in [0.15, 0.2) is 0 Å². The minimum atomic E-state index is 0.0969. The molecule has 0 heterocycles. The van der Waals surface area contributed by atoms with Crippen LogP contribution in [0.3, 0.4) is 0 Å². The van der Waals surface area contributed by atoms with Crippen LogP contribution in [0.5, 0.6) is 0 Å². The van der Waals surface area contributed by atoms with Crippen molar-refractivity contribution in [3.05, 3.63) is 0 Å². The van der Waals surface area contributed by atoms with Crippen LogP contribution in [0.1, 0.15) is 59.8 Å². The summed E-state index contributed by atoms with van der Waals surface area (Å²) in [5, 5.41) is 0. The van der Waals surface area contributed by atoms with Crippen molar-refractivity contribution in [3.8, 4) is 0 Å². The van der Waals surface area contributed by atoms with E-state index >= 15 is 0 Å². The lowest BCUT2D eigenvalue weighted by molar-refractivity contribution is 0.140. The van der Waals surface area contributed by atoms with E-state index in [4.69, 9.17) is 5.73 Å². The molecule has 0 aliphatic carbocycles. The van der Waals surface area contributed by atoms with Crippen LogP contribution < -0.4 is 5.73 Å². The van der Waals surface area contributed by atoms with E-state index in [9.17, 15) is 0 Å². The molecule has 2 unspecified atom stereocenters. The molecule has 2 nitrogen and oxygen atoms in total. The minimum Gasteiger partial charge on any atom is -0.326 e. The number of likely N-dealkylation sites (N-methyl/N-ethyl adjacent to an activating group) is 1. The average molecular weight is 228 g/mol. The van der Waals surface area contributed by atoms with E-state index in [1.165, 1.54) is 25.7 Å². The monoisotopic (exact) mass is 228 g/mol. The highest BCUT2D eigenvalue weighted by Gasteiger charge is 2.29. The third-order valence-corrected chi connectivity index (χ3v) is 4.19. The number of unbranched alkanes of at least 4 members (excludes halogenated alkanes) is 1. The van der Waals surface area contributed by atoms with Crippen LogP contribution in [0.15, 0.2) is 0 Å². The predicted molar refractivity (Wildman–Crippen MR) is 73.7 cm³/mol. The van der Waals surface area contributed by atoms with Gasteiger partial charge in [0.25, 0.3) is 0 Å². The molecule has 2 N–H and O–H groups in total. The largest absolute Gasteiger partial charge is 0.326 e. The second-order valence-corrected chi connectivity index (χ2v) is 5.81. The van der Waals surface area contributed by atoms with Gasteiger partial charge in [0.05, 0.1) is 0 Å². The van der Waals surface area contributed by atoms with Crippen molar-refractivity contribution < 1.29 is 0 Å². The van der Waals surface area contributed by atoms with Gasteiger partial charge in [-0.3, -0.25) is 0 Å². The first-order chi connectivity index (χ1) is 7.36. The molecule has 0 aliphatic rings. The zero-order valence-corrected chi connectivity index (χ0v) is 12.2. The molecule has 0 fully saturated rings. The molecule has 0 aromatic carbocycles. The van der Waals surface area contributed by atoms with Crippen LogP contribution in [0.4, 0.5) is 0 Å². The van der Waals surface area contributed by atoms with Crippen molar-refractivity contribution >= 4 is 0 Å².